The fourth-order valence-corrected chi connectivity index (χ4v) is 2.61. The van der Waals surface area contributed by atoms with Crippen LogP contribution in [0.2, 0.25) is 5.02 Å². The summed E-state index contributed by atoms with van der Waals surface area (Å²) in [6.45, 7) is -0.212. The highest BCUT2D eigenvalue weighted by Gasteiger charge is 2.33. The number of rotatable bonds is 6. The predicted molar refractivity (Wildman–Crippen MR) is 96.8 cm³/mol. The Bertz CT molecular complexity index is 827. The molecular formula is C18H18ClF3N3O2+. The Morgan fingerprint density at radius 3 is 2.26 bits per heavy atom. The van der Waals surface area contributed by atoms with E-state index in [0.29, 0.717) is 15.6 Å². The molecule has 9 heteroatoms. The number of carbonyl (C=O) groups is 2. The van der Waals surface area contributed by atoms with E-state index in [4.69, 9.17) is 11.6 Å². The first-order valence-electron chi connectivity index (χ1n) is 7.98. The van der Waals surface area contributed by atoms with E-state index in [9.17, 15) is 22.8 Å². The van der Waals surface area contributed by atoms with Crippen LogP contribution in [0, 0.1) is 0 Å². The molecule has 0 saturated heterocycles. The van der Waals surface area contributed by atoms with Gasteiger partial charge in [0, 0.05) is 10.7 Å². The maximum Gasteiger partial charge on any atom is 0.418 e. The third kappa shape index (κ3) is 6.58. The molecule has 2 aromatic carbocycles. The van der Waals surface area contributed by atoms with Crippen LogP contribution >= 0.6 is 11.6 Å². The van der Waals surface area contributed by atoms with Crippen LogP contribution in [0.3, 0.4) is 0 Å². The number of hydrogen-bond acceptors (Lipinski definition) is 2. The molecule has 5 nitrogen and oxygen atoms in total. The molecule has 0 aromatic heterocycles. The van der Waals surface area contributed by atoms with E-state index in [-0.39, 0.29) is 24.7 Å². The van der Waals surface area contributed by atoms with Gasteiger partial charge < -0.3 is 15.5 Å². The van der Waals surface area contributed by atoms with Crippen molar-refractivity contribution in [3.63, 3.8) is 0 Å². The largest absolute Gasteiger partial charge is 0.418 e. The maximum atomic E-state index is 12.9. The van der Waals surface area contributed by atoms with Gasteiger partial charge in [-0.2, -0.15) is 13.2 Å². The van der Waals surface area contributed by atoms with Crippen molar-refractivity contribution >= 4 is 34.8 Å². The van der Waals surface area contributed by atoms with Crippen LogP contribution in [0.1, 0.15) is 5.56 Å². The van der Waals surface area contributed by atoms with Crippen LogP contribution in [0.5, 0.6) is 0 Å². The van der Waals surface area contributed by atoms with Crippen LogP contribution in [0.15, 0.2) is 48.5 Å². The summed E-state index contributed by atoms with van der Waals surface area (Å²) in [6, 6.07) is 11.3. The highest BCUT2D eigenvalue weighted by Crippen LogP contribution is 2.34. The third-order valence-electron chi connectivity index (χ3n) is 3.54. The van der Waals surface area contributed by atoms with Gasteiger partial charge in [0.2, 0.25) is 0 Å². The highest BCUT2D eigenvalue weighted by atomic mass is 35.5. The molecule has 144 valence electrons. The van der Waals surface area contributed by atoms with Crippen molar-refractivity contribution in [2.45, 2.75) is 6.18 Å². The van der Waals surface area contributed by atoms with E-state index in [0.717, 1.165) is 6.07 Å². The zero-order chi connectivity index (χ0) is 20.0. The summed E-state index contributed by atoms with van der Waals surface area (Å²) < 4.78 is 38.8. The lowest BCUT2D eigenvalue weighted by molar-refractivity contribution is -0.862. The van der Waals surface area contributed by atoms with Crippen LogP contribution in [-0.2, 0) is 15.8 Å². The molecule has 0 saturated carbocycles. The molecule has 27 heavy (non-hydrogen) atoms. The van der Waals surface area contributed by atoms with E-state index in [1.807, 2.05) is 0 Å². The average Bonchev–Trinajstić information content (AvgIpc) is 2.53. The molecule has 0 aliphatic heterocycles. The minimum Gasteiger partial charge on any atom is -0.322 e. The van der Waals surface area contributed by atoms with Crippen LogP contribution in [0.4, 0.5) is 24.5 Å². The number of quaternary nitrogens is 1. The lowest BCUT2D eigenvalue weighted by Gasteiger charge is -2.16. The summed E-state index contributed by atoms with van der Waals surface area (Å²) in [5.74, 6) is -0.974. The van der Waals surface area contributed by atoms with Crippen molar-refractivity contribution in [1.82, 2.24) is 0 Å². The quantitative estimate of drug-likeness (QED) is 0.697. The van der Waals surface area contributed by atoms with Crippen molar-refractivity contribution in [3.8, 4) is 0 Å². The number of para-hydroxylation sites is 1. The maximum absolute atomic E-state index is 12.9. The summed E-state index contributed by atoms with van der Waals surface area (Å²) in [5.41, 5.74) is -0.718. The van der Waals surface area contributed by atoms with Crippen LogP contribution in [0.25, 0.3) is 0 Å². The number of anilines is 2. The first-order valence-corrected chi connectivity index (χ1v) is 8.36. The van der Waals surface area contributed by atoms with Gasteiger partial charge in [-0.15, -0.1) is 0 Å². The van der Waals surface area contributed by atoms with Crippen LogP contribution < -0.4 is 15.5 Å². The number of nitrogens with one attached hydrogen (secondary N) is 3. The van der Waals surface area contributed by atoms with E-state index in [1.54, 1.807) is 31.3 Å². The number of alkyl halides is 3. The van der Waals surface area contributed by atoms with Crippen molar-refractivity contribution in [1.29, 1.82) is 0 Å². The van der Waals surface area contributed by atoms with E-state index in [1.165, 1.54) is 18.2 Å². The number of amides is 2. The van der Waals surface area contributed by atoms with Crippen molar-refractivity contribution < 1.29 is 27.7 Å². The number of carbonyl (C=O) groups excluding carboxylic acids is 2. The predicted octanol–water partition coefficient (Wildman–Crippen LogP) is 2.45. The van der Waals surface area contributed by atoms with Crippen molar-refractivity contribution in [2.75, 3.05) is 30.8 Å². The number of likely N-dealkylation sites (N-methyl/N-ethyl adjacent to an activating group) is 1. The SMILES string of the molecule is C[NH+](CC(=O)Nc1cccc(Cl)c1)CC(=O)Nc1ccccc1C(F)(F)F. The van der Waals surface area contributed by atoms with Gasteiger partial charge in [0.05, 0.1) is 18.3 Å². The topological polar surface area (TPSA) is 62.6 Å². The first-order chi connectivity index (χ1) is 12.6. The molecule has 0 radical (unpaired) electrons. The average molecular weight is 401 g/mol. The number of hydrogen-bond donors (Lipinski definition) is 3. The summed E-state index contributed by atoms with van der Waals surface area (Å²) in [7, 11) is 1.59. The molecular weight excluding hydrogens is 383 g/mol. The second-order valence-corrected chi connectivity index (χ2v) is 6.40. The van der Waals surface area contributed by atoms with Gasteiger partial charge in [-0.3, -0.25) is 9.59 Å². The van der Waals surface area contributed by atoms with Gasteiger partial charge in [-0.05, 0) is 30.3 Å². The fraction of sp³-hybridized carbons (Fsp3) is 0.222. The molecule has 0 bridgehead atoms. The molecule has 0 spiro atoms. The van der Waals surface area contributed by atoms with E-state index in [2.05, 4.69) is 10.6 Å². The lowest BCUT2D eigenvalue weighted by Crippen LogP contribution is -3.11. The Hall–Kier alpha value is -2.58. The standard InChI is InChI=1S/C18H17ClF3N3O2/c1-25(10-16(26)23-13-6-4-5-12(19)9-13)11-17(27)24-15-8-3-2-7-14(15)18(20,21)22/h2-9H,10-11H2,1H3,(H,23,26)(H,24,27)/p+1. The van der Waals surface area contributed by atoms with Gasteiger partial charge in [0.1, 0.15) is 0 Å². The Kier molecular flexibility index (Phi) is 6.81. The normalized spacial score (nSPS) is 12.3. The molecule has 0 aliphatic carbocycles. The minimum absolute atomic E-state index is 0.0408. The smallest absolute Gasteiger partial charge is 0.322 e. The molecule has 0 aliphatic rings. The van der Waals surface area contributed by atoms with Crippen LogP contribution in [-0.4, -0.2) is 32.0 Å². The number of halogens is 4. The Labute approximate surface area is 159 Å². The summed E-state index contributed by atoms with van der Waals surface area (Å²) in [4.78, 5) is 24.6. The second-order valence-electron chi connectivity index (χ2n) is 5.96. The Morgan fingerprint density at radius 1 is 1.00 bits per heavy atom. The first kappa shape index (κ1) is 20.7. The number of benzene rings is 2. The van der Waals surface area contributed by atoms with Crippen molar-refractivity contribution in [2.24, 2.45) is 0 Å². The zero-order valence-electron chi connectivity index (χ0n) is 14.4. The lowest BCUT2D eigenvalue weighted by atomic mass is 10.1. The monoisotopic (exact) mass is 400 g/mol. The summed E-state index contributed by atoms with van der Waals surface area (Å²) in [5, 5.41) is 5.36. The van der Waals surface area contributed by atoms with E-state index >= 15 is 0 Å². The fourth-order valence-electron chi connectivity index (χ4n) is 2.42. The summed E-state index contributed by atoms with van der Waals surface area (Å²) in [6.07, 6.45) is -4.57. The van der Waals surface area contributed by atoms with Gasteiger partial charge >= 0.3 is 6.18 Å². The van der Waals surface area contributed by atoms with Crippen molar-refractivity contribution in [3.05, 3.63) is 59.1 Å². The third-order valence-corrected chi connectivity index (χ3v) is 3.77. The molecule has 1 unspecified atom stereocenters. The Morgan fingerprint density at radius 2 is 1.63 bits per heavy atom. The molecule has 3 N–H and O–H groups in total. The Balaban J connectivity index is 1.90. The molecule has 2 rings (SSSR count). The van der Waals surface area contributed by atoms with Gasteiger partial charge in [-0.1, -0.05) is 29.8 Å². The second kappa shape index (κ2) is 8.88. The van der Waals surface area contributed by atoms with E-state index < -0.39 is 17.6 Å². The molecule has 2 amide bonds. The molecule has 2 aromatic rings. The molecule has 0 heterocycles. The van der Waals surface area contributed by atoms with Gasteiger partial charge in [-0.25, -0.2) is 0 Å². The van der Waals surface area contributed by atoms with Gasteiger partial charge in [0.15, 0.2) is 13.1 Å². The zero-order valence-corrected chi connectivity index (χ0v) is 15.1. The summed E-state index contributed by atoms with van der Waals surface area (Å²) >= 11 is 5.84. The molecule has 1 atom stereocenters. The minimum atomic E-state index is -4.57. The highest BCUT2D eigenvalue weighted by molar-refractivity contribution is 6.30. The molecule has 0 fully saturated rings. The van der Waals surface area contributed by atoms with Gasteiger partial charge in [0.25, 0.3) is 11.8 Å².